The van der Waals surface area contributed by atoms with E-state index in [4.69, 9.17) is 0 Å². The first-order valence-electron chi connectivity index (χ1n) is 5.46. The smallest absolute Gasteiger partial charge is 0.282 e. The van der Waals surface area contributed by atoms with Gasteiger partial charge in [-0.05, 0) is 6.42 Å². The molecule has 0 radical (unpaired) electrons. The van der Waals surface area contributed by atoms with Crippen molar-refractivity contribution < 1.29 is 13.2 Å². The number of nitrogens with one attached hydrogen (secondary N) is 1. The number of amides is 1. The van der Waals surface area contributed by atoms with E-state index in [9.17, 15) is 13.2 Å². The Kier molecular flexibility index (Phi) is 4.69. The molecule has 94 valence electrons. The maximum Gasteiger partial charge on any atom is 0.282 e. The molecular formula is C9H19N3O3S. The third-order valence-electron chi connectivity index (χ3n) is 2.55. The number of unbranched alkanes of at least 4 members (excludes halogenated alkanes) is 1. The van der Waals surface area contributed by atoms with Crippen LogP contribution in [0.3, 0.4) is 0 Å². The topological polar surface area (TPSA) is 69.7 Å². The van der Waals surface area contributed by atoms with Crippen molar-refractivity contribution in [3.05, 3.63) is 0 Å². The molecule has 0 aromatic carbocycles. The number of nitrogens with zero attached hydrogens (tertiary/aromatic N) is 2. The van der Waals surface area contributed by atoms with Gasteiger partial charge in [0.25, 0.3) is 10.2 Å². The second-order valence-electron chi connectivity index (χ2n) is 3.87. The van der Waals surface area contributed by atoms with Crippen LogP contribution in [0.15, 0.2) is 0 Å². The van der Waals surface area contributed by atoms with E-state index in [0.717, 1.165) is 12.8 Å². The molecular weight excluding hydrogens is 230 g/mol. The summed E-state index contributed by atoms with van der Waals surface area (Å²) in [5.41, 5.74) is 0. The predicted octanol–water partition coefficient (Wildman–Crippen LogP) is -0.605. The minimum Gasteiger partial charge on any atom is -0.354 e. The molecule has 0 saturated carbocycles. The Hall–Kier alpha value is -0.660. The van der Waals surface area contributed by atoms with E-state index in [-0.39, 0.29) is 12.5 Å². The van der Waals surface area contributed by atoms with Gasteiger partial charge in [0.1, 0.15) is 0 Å². The molecule has 7 heteroatoms. The van der Waals surface area contributed by atoms with E-state index >= 15 is 0 Å². The lowest BCUT2D eigenvalue weighted by molar-refractivity contribution is -0.122. The molecule has 1 aliphatic heterocycles. The highest BCUT2D eigenvalue weighted by molar-refractivity contribution is 7.86. The van der Waals surface area contributed by atoms with Gasteiger partial charge in [0.2, 0.25) is 5.91 Å². The molecule has 0 bridgehead atoms. The van der Waals surface area contributed by atoms with Crippen molar-refractivity contribution in [2.45, 2.75) is 19.8 Å². The molecule has 1 rings (SSSR count). The third-order valence-corrected chi connectivity index (χ3v) is 4.48. The highest BCUT2D eigenvalue weighted by Crippen LogP contribution is 2.08. The minimum atomic E-state index is -3.46. The lowest BCUT2D eigenvalue weighted by Gasteiger charge is -2.29. The lowest BCUT2D eigenvalue weighted by Crippen LogP contribution is -2.53. The van der Waals surface area contributed by atoms with Crippen LogP contribution in [-0.4, -0.2) is 56.2 Å². The normalized spacial score (nSPS) is 18.8. The van der Waals surface area contributed by atoms with Crippen molar-refractivity contribution in [1.82, 2.24) is 13.9 Å². The summed E-state index contributed by atoms with van der Waals surface area (Å²) in [7, 11) is -1.91. The monoisotopic (exact) mass is 249 g/mol. The molecule has 1 N–H and O–H groups in total. The number of carbonyl (C=O) groups is 1. The van der Waals surface area contributed by atoms with Crippen molar-refractivity contribution in [3.8, 4) is 0 Å². The van der Waals surface area contributed by atoms with Crippen molar-refractivity contribution in [1.29, 1.82) is 0 Å². The largest absolute Gasteiger partial charge is 0.354 e. The summed E-state index contributed by atoms with van der Waals surface area (Å²) >= 11 is 0. The van der Waals surface area contributed by atoms with Crippen LogP contribution in [0.4, 0.5) is 0 Å². The Morgan fingerprint density at radius 2 is 2.19 bits per heavy atom. The zero-order chi connectivity index (χ0) is 12.2. The fraction of sp³-hybridized carbons (Fsp3) is 0.889. The van der Waals surface area contributed by atoms with Crippen LogP contribution in [0.5, 0.6) is 0 Å². The quantitative estimate of drug-likeness (QED) is 0.707. The summed E-state index contributed by atoms with van der Waals surface area (Å²) in [5, 5.41) is 2.60. The summed E-state index contributed by atoms with van der Waals surface area (Å²) in [6.07, 6.45) is 1.77. The van der Waals surface area contributed by atoms with Gasteiger partial charge in [0.15, 0.2) is 0 Å². The Labute approximate surface area is 96.8 Å². The Morgan fingerprint density at radius 1 is 1.50 bits per heavy atom. The van der Waals surface area contributed by atoms with E-state index < -0.39 is 10.2 Å². The van der Waals surface area contributed by atoms with Crippen LogP contribution in [0, 0.1) is 0 Å². The van der Waals surface area contributed by atoms with Crippen molar-refractivity contribution in [2.75, 3.05) is 33.2 Å². The maximum atomic E-state index is 12.0. The van der Waals surface area contributed by atoms with Crippen LogP contribution in [0.25, 0.3) is 0 Å². The first kappa shape index (κ1) is 13.4. The van der Waals surface area contributed by atoms with Crippen molar-refractivity contribution >= 4 is 16.1 Å². The van der Waals surface area contributed by atoms with Gasteiger partial charge >= 0.3 is 0 Å². The van der Waals surface area contributed by atoms with E-state index in [0.29, 0.717) is 19.6 Å². The number of hydrogen-bond donors (Lipinski definition) is 1. The molecule has 1 saturated heterocycles. The SMILES string of the molecule is CCCCN(C)S(=O)(=O)N1CCNC(=O)C1. The number of hydrogen-bond acceptors (Lipinski definition) is 3. The van der Waals surface area contributed by atoms with Gasteiger partial charge in [0, 0.05) is 26.7 Å². The van der Waals surface area contributed by atoms with Gasteiger partial charge in [-0.2, -0.15) is 17.0 Å². The Morgan fingerprint density at radius 3 is 2.75 bits per heavy atom. The molecule has 1 amide bonds. The fourth-order valence-electron chi connectivity index (χ4n) is 1.51. The van der Waals surface area contributed by atoms with Gasteiger partial charge in [-0.15, -0.1) is 0 Å². The van der Waals surface area contributed by atoms with Crippen molar-refractivity contribution in [2.24, 2.45) is 0 Å². The Balaban J connectivity index is 2.64. The van der Waals surface area contributed by atoms with E-state index in [1.807, 2.05) is 6.92 Å². The molecule has 0 spiro atoms. The standard InChI is InChI=1S/C9H19N3O3S/c1-3-4-6-11(2)16(14,15)12-7-5-10-9(13)8-12/h3-8H2,1-2H3,(H,10,13). The van der Waals surface area contributed by atoms with E-state index in [1.54, 1.807) is 7.05 Å². The van der Waals surface area contributed by atoms with Gasteiger partial charge in [-0.3, -0.25) is 4.79 Å². The van der Waals surface area contributed by atoms with Gasteiger partial charge in [-0.25, -0.2) is 0 Å². The summed E-state index contributed by atoms with van der Waals surface area (Å²) in [6, 6.07) is 0. The van der Waals surface area contributed by atoms with Gasteiger partial charge < -0.3 is 5.32 Å². The van der Waals surface area contributed by atoms with Gasteiger partial charge in [0.05, 0.1) is 6.54 Å². The second kappa shape index (κ2) is 5.60. The highest BCUT2D eigenvalue weighted by Gasteiger charge is 2.30. The van der Waals surface area contributed by atoms with Crippen LogP contribution in [0.2, 0.25) is 0 Å². The first-order valence-corrected chi connectivity index (χ1v) is 6.86. The third kappa shape index (κ3) is 3.16. The summed E-state index contributed by atoms with van der Waals surface area (Å²) in [5.74, 6) is -0.237. The van der Waals surface area contributed by atoms with E-state index in [1.165, 1.54) is 8.61 Å². The highest BCUT2D eigenvalue weighted by atomic mass is 32.2. The Bertz CT molecular complexity index is 342. The van der Waals surface area contributed by atoms with E-state index in [2.05, 4.69) is 5.32 Å². The predicted molar refractivity (Wildman–Crippen MR) is 61.0 cm³/mol. The molecule has 16 heavy (non-hydrogen) atoms. The number of carbonyl (C=O) groups excluding carboxylic acids is 1. The fourth-order valence-corrected chi connectivity index (χ4v) is 2.86. The number of rotatable bonds is 5. The maximum absolute atomic E-state index is 12.0. The molecule has 0 aromatic rings. The second-order valence-corrected chi connectivity index (χ2v) is 5.90. The van der Waals surface area contributed by atoms with Crippen LogP contribution >= 0.6 is 0 Å². The molecule has 0 unspecified atom stereocenters. The van der Waals surface area contributed by atoms with Gasteiger partial charge in [-0.1, -0.05) is 13.3 Å². The first-order chi connectivity index (χ1) is 7.48. The molecule has 1 aliphatic rings. The average Bonchev–Trinajstić information content (AvgIpc) is 2.25. The van der Waals surface area contributed by atoms with Crippen molar-refractivity contribution in [3.63, 3.8) is 0 Å². The molecule has 1 fully saturated rings. The average molecular weight is 249 g/mol. The van der Waals surface area contributed by atoms with Crippen LogP contribution in [0.1, 0.15) is 19.8 Å². The molecule has 1 heterocycles. The van der Waals surface area contributed by atoms with Crippen LogP contribution < -0.4 is 5.32 Å². The molecule has 0 aromatic heterocycles. The molecule has 6 nitrogen and oxygen atoms in total. The lowest BCUT2D eigenvalue weighted by atomic mass is 10.3. The summed E-state index contributed by atoms with van der Waals surface area (Å²) < 4.78 is 26.6. The number of piperazine rings is 1. The summed E-state index contributed by atoms with van der Waals surface area (Å²) in [4.78, 5) is 11.1. The minimum absolute atomic E-state index is 0.0706. The molecule has 0 atom stereocenters. The van der Waals surface area contributed by atoms with Crippen LogP contribution in [-0.2, 0) is 15.0 Å². The zero-order valence-corrected chi connectivity index (χ0v) is 10.6. The summed E-state index contributed by atoms with van der Waals surface area (Å²) in [6.45, 7) is 3.18. The zero-order valence-electron chi connectivity index (χ0n) is 9.77. The molecule has 0 aliphatic carbocycles.